The molecule has 0 saturated heterocycles. The molecule has 1 aromatic heterocycles. The number of ether oxygens (including phenoxy) is 1. The van der Waals surface area contributed by atoms with E-state index in [1.165, 1.54) is 0 Å². The molecule has 0 aliphatic carbocycles. The molecule has 0 spiro atoms. The summed E-state index contributed by atoms with van der Waals surface area (Å²) in [7, 11) is 0. The molecule has 2 aromatic rings. The predicted octanol–water partition coefficient (Wildman–Crippen LogP) is 2.56. The first kappa shape index (κ1) is 12.2. The number of fused-ring (bicyclic) bond motifs is 1. The fourth-order valence-electron chi connectivity index (χ4n) is 1.78. The Hall–Kier alpha value is -2.30. The number of H-pyrrole nitrogens is 1. The number of rotatable bonds is 3. The van der Waals surface area contributed by atoms with E-state index >= 15 is 0 Å². The van der Waals surface area contributed by atoms with Crippen molar-refractivity contribution in [3.8, 4) is 0 Å². The number of hydrogen-bond donors (Lipinski definition) is 2. The number of carbonyl (C=O) groups is 1. The number of nitrogens with one attached hydrogen (secondary N) is 2. The molecule has 0 atom stereocenters. The number of carbonyl (C=O) groups excluding carboxylic acids is 1. The van der Waals surface area contributed by atoms with Crippen LogP contribution < -0.4 is 5.43 Å². The van der Waals surface area contributed by atoms with Crippen molar-refractivity contribution in [3.63, 3.8) is 0 Å². The van der Waals surface area contributed by atoms with Crippen LogP contribution in [0.25, 0.3) is 10.9 Å². The Kier molecular flexibility index (Phi) is 3.62. The van der Waals surface area contributed by atoms with Crippen LogP contribution in [0.2, 0.25) is 0 Å². The van der Waals surface area contributed by atoms with E-state index in [1.807, 2.05) is 31.2 Å². The molecule has 1 aromatic carbocycles. The number of hydrogen-bond acceptors (Lipinski definition) is 3. The molecule has 0 aliphatic rings. The molecular formula is C13H15N3O2. The number of nitrogens with zero attached hydrogens (tertiary/aromatic N) is 1. The van der Waals surface area contributed by atoms with Crippen LogP contribution in [0, 0.1) is 6.92 Å². The molecule has 94 valence electrons. The molecule has 0 fully saturated rings. The average molecular weight is 245 g/mol. The van der Waals surface area contributed by atoms with E-state index in [4.69, 9.17) is 4.74 Å². The van der Waals surface area contributed by atoms with Crippen molar-refractivity contribution in [2.45, 2.75) is 13.8 Å². The van der Waals surface area contributed by atoms with Gasteiger partial charge < -0.3 is 9.72 Å². The van der Waals surface area contributed by atoms with Crippen LogP contribution in [0.1, 0.15) is 18.2 Å². The molecular weight excluding hydrogens is 230 g/mol. The molecule has 0 saturated carbocycles. The zero-order valence-electron chi connectivity index (χ0n) is 10.4. The number of aromatic amines is 1. The highest BCUT2D eigenvalue weighted by Crippen LogP contribution is 2.19. The lowest BCUT2D eigenvalue weighted by Crippen LogP contribution is -2.18. The molecule has 2 N–H and O–H groups in total. The van der Waals surface area contributed by atoms with Gasteiger partial charge in [-0.2, -0.15) is 5.10 Å². The van der Waals surface area contributed by atoms with Gasteiger partial charge >= 0.3 is 6.09 Å². The van der Waals surface area contributed by atoms with E-state index in [0.29, 0.717) is 6.61 Å². The lowest BCUT2D eigenvalue weighted by molar-refractivity contribution is 0.152. The van der Waals surface area contributed by atoms with Crippen molar-refractivity contribution in [1.29, 1.82) is 0 Å². The van der Waals surface area contributed by atoms with Gasteiger partial charge in [0.05, 0.1) is 12.8 Å². The van der Waals surface area contributed by atoms with Crippen molar-refractivity contribution in [3.05, 3.63) is 35.5 Å². The van der Waals surface area contributed by atoms with Crippen molar-refractivity contribution in [1.82, 2.24) is 10.4 Å². The highest BCUT2D eigenvalue weighted by Gasteiger charge is 2.05. The molecule has 0 unspecified atom stereocenters. The zero-order valence-corrected chi connectivity index (χ0v) is 10.4. The maximum Gasteiger partial charge on any atom is 0.427 e. The lowest BCUT2D eigenvalue weighted by Gasteiger charge is -1.98. The Bertz CT molecular complexity index is 587. The van der Waals surface area contributed by atoms with E-state index < -0.39 is 6.09 Å². The van der Waals surface area contributed by atoms with Gasteiger partial charge in [0.15, 0.2) is 0 Å². The summed E-state index contributed by atoms with van der Waals surface area (Å²) in [6.07, 6.45) is 1.07. The maximum absolute atomic E-state index is 11.1. The van der Waals surface area contributed by atoms with Crippen molar-refractivity contribution in [2.75, 3.05) is 6.61 Å². The Morgan fingerprint density at radius 3 is 3.06 bits per heavy atom. The third-order valence-corrected chi connectivity index (χ3v) is 2.57. The summed E-state index contributed by atoms with van der Waals surface area (Å²) in [5, 5.41) is 4.95. The number of amides is 1. The van der Waals surface area contributed by atoms with Gasteiger partial charge in [-0.25, -0.2) is 10.2 Å². The normalized spacial score (nSPS) is 11.0. The highest BCUT2D eigenvalue weighted by atomic mass is 16.5. The van der Waals surface area contributed by atoms with Gasteiger partial charge in [-0.3, -0.25) is 0 Å². The number of aromatic nitrogens is 1. The van der Waals surface area contributed by atoms with Gasteiger partial charge in [0.1, 0.15) is 0 Å². The first-order chi connectivity index (χ1) is 8.72. The van der Waals surface area contributed by atoms with Crippen molar-refractivity contribution in [2.24, 2.45) is 5.10 Å². The van der Waals surface area contributed by atoms with Crippen molar-refractivity contribution >= 4 is 23.2 Å². The average Bonchev–Trinajstić information content (AvgIpc) is 2.66. The molecule has 2 rings (SSSR count). The molecule has 18 heavy (non-hydrogen) atoms. The minimum absolute atomic E-state index is 0.327. The standard InChI is InChI=1S/C13H15N3O2/c1-3-18-13(17)16-14-8-11-9(2)15-12-7-5-4-6-10(11)12/h4-8,15H,3H2,1-2H3,(H,16,17)/b14-8+. The summed E-state index contributed by atoms with van der Waals surface area (Å²) >= 11 is 0. The SMILES string of the molecule is CCOC(=O)N/N=C/c1c(C)[nH]c2ccccc12. The summed E-state index contributed by atoms with van der Waals surface area (Å²) in [6, 6.07) is 7.94. The summed E-state index contributed by atoms with van der Waals surface area (Å²) in [6.45, 7) is 4.03. The first-order valence-corrected chi connectivity index (χ1v) is 5.75. The smallest absolute Gasteiger partial charge is 0.427 e. The van der Waals surface area contributed by atoms with E-state index in [1.54, 1.807) is 13.1 Å². The Morgan fingerprint density at radius 1 is 1.50 bits per heavy atom. The third kappa shape index (κ3) is 2.51. The summed E-state index contributed by atoms with van der Waals surface area (Å²) in [5.74, 6) is 0. The van der Waals surface area contributed by atoms with E-state index in [2.05, 4.69) is 15.5 Å². The van der Waals surface area contributed by atoms with Gasteiger partial charge in [-0.15, -0.1) is 0 Å². The fourth-order valence-corrected chi connectivity index (χ4v) is 1.78. The summed E-state index contributed by atoms with van der Waals surface area (Å²) in [5.41, 5.74) is 5.32. The van der Waals surface area contributed by atoms with E-state index in [-0.39, 0.29) is 0 Å². The second kappa shape index (κ2) is 5.35. The number of hydrazone groups is 1. The predicted molar refractivity (Wildman–Crippen MR) is 70.8 cm³/mol. The van der Waals surface area contributed by atoms with Gasteiger partial charge in [0.2, 0.25) is 0 Å². The van der Waals surface area contributed by atoms with Gasteiger partial charge in [-0.05, 0) is 19.9 Å². The minimum atomic E-state index is -0.550. The van der Waals surface area contributed by atoms with Crippen LogP contribution in [0.15, 0.2) is 29.4 Å². The molecule has 0 radical (unpaired) electrons. The van der Waals surface area contributed by atoms with E-state index in [0.717, 1.165) is 22.2 Å². The Balaban J connectivity index is 2.18. The number of benzene rings is 1. The summed E-state index contributed by atoms with van der Waals surface area (Å²) in [4.78, 5) is 14.3. The van der Waals surface area contributed by atoms with Crippen LogP contribution in [-0.2, 0) is 4.74 Å². The van der Waals surface area contributed by atoms with Crippen LogP contribution in [0.5, 0.6) is 0 Å². The Labute approximate surface area is 105 Å². The topological polar surface area (TPSA) is 66.5 Å². The van der Waals surface area contributed by atoms with Gasteiger partial charge in [0, 0.05) is 22.2 Å². The lowest BCUT2D eigenvalue weighted by atomic mass is 10.1. The largest absolute Gasteiger partial charge is 0.449 e. The summed E-state index contributed by atoms with van der Waals surface area (Å²) < 4.78 is 4.71. The fraction of sp³-hybridized carbons (Fsp3) is 0.231. The second-order valence-corrected chi connectivity index (χ2v) is 3.80. The first-order valence-electron chi connectivity index (χ1n) is 5.75. The second-order valence-electron chi connectivity index (χ2n) is 3.80. The highest BCUT2D eigenvalue weighted by molar-refractivity contribution is 6.00. The molecule has 1 heterocycles. The molecule has 0 aliphatic heterocycles. The zero-order chi connectivity index (χ0) is 13.0. The van der Waals surface area contributed by atoms with Gasteiger partial charge in [0.25, 0.3) is 0 Å². The molecule has 0 bridgehead atoms. The molecule has 5 heteroatoms. The Morgan fingerprint density at radius 2 is 2.28 bits per heavy atom. The molecule has 5 nitrogen and oxygen atoms in total. The number of aryl methyl sites for hydroxylation is 1. The minimum Gasteiger partial charge on any atom is -0.449 e. The van der Waals surface area contributed by atoms with Crippen molar-refractivity contribution < 1.29 is 9.53 Å². The monoisotopic (exact) mass is 245 g/mol. The third-order valence-electron chi connectivity index (χ3n) is 2.57. The van der Waals surface area contributed by atoms with Crippen LogP contribution >= 0.6 is 0 Å². The van der Waals surface area contributed by atoms with E-state index in [9.17, 15) is 4.79 Å². The number of para-hydroxylation sites is 1. The quantitative estimate of drug-likeness (QED) is 0.644. The van der Waals surface area contributed by atoms with Gasteiger partial charge in [-0.1, -0.05) is 18.2 Å². The molecule has 1 amide bonds. The van der Waals surface area contributed by atoms with Crippen LogP contribution in [0.3, 0.4) is 0 Å². The van der Waals surface area contributed by atoms with Crippen LogP contribution in [-0.4, -0.2) is 23.9 Å². The van der Waals surface area contributed by atoms with Crippen LogP contribution in [0.4, 0.5) is 4.79 Å². The maximum atomic E-state index is 11.1.